The number of benzene rings is 2. The van der Waals surface area contributed by atoms with Crippen LogP contribution in [-0.4, -0.2) is 52.9 Å². The SMILES string of the molecule is Cc1nc(CN2CCN(C(=O)Nc3ccc(C(=O)NCc4ccccc4F)cc3)CC2)cs1. The third kappa shape index (κ3) is 6.15. The molecule has 0 radical (unpaired) electrons. The van der Waals surface area contributed by atoms with E-state index < -0.39 is 0 Å². The smallest absolute Gasteiger partial charge is 0.321 e. The summed E-state index contributed by atoms with van der Waals surface area (Å²) >= 11 is 1.65. The first kappa shape index (κ1) is 22.9. The zero-order valence-electron chi connectivity index (χ0n) is 18.4. The molecule has 3 aromatic rings. The number of halogens is 1. The first-order valence-corrected chi connectivity index (χ1v) is 11.7. The number of hydrogen-bond donors (Lipinski definition) is 2. The fourth-order valence-corrected chi connectivity index (χ4v) is 4.25. The number of carbonyl (C=O) groups excluding carboxylic acids is 2. The van der Waals surface area contributed by atoms with Gasteiger partial charge in [0.2, 0.25) is 0 Å². The highest BCUT2D eigenvalue weighted by Crippen LogP contribution is 2.15. The summed E-state index contributed by atoms with van der Waals surface area (Å²) in [5, 5.41) is 8.74. The van der Waals surface area contributed by atoms with Crippen LogP contribution in [-0.2, 0) is 13.1 Å². The summed E-state index contributed by atoms with van der Waals surface area (Å²) in [4.78, 5) is 33.5. The van der Waals surface area contributed by atoms with Crippen LogP contribution in [0.2, 0.25) is 0 Å². The lowest BCUT2D eigenvalue weighted by Crippen LogP contribution is -2.49. The molecule has 1 aliphatic rings. The van der Waals surface area contributed by atoms with Crippen LogP contribution in [0.15, 0.2) is 53.9 Å². The molecule has 2 heterocycles. The van der Waals surface area contributed by atoms with E-state index in [0.29, 0.717) is 29.9 Å². The van der Waals surface area contributed by atoms with Gasteiger partial charge in [-0.05, 0) is 37.3 Å². The summed E-state index contributed by atoms with van der Waals surface area (Å²) in [6.07, 6.45) is 0. The highest BCUT2D eigenvalue weighted by atomic mass is 32.1. The Hall–Kier alpha value is -3.30. The van der Waals surface area contributed by atoms with Crippen molar-refractivity contribution in [1.29, 1.82) is 0 Å². The van der Waals surface area contributed by atoms with Crippen LogP contribution in [0.4, 0.5) is 14.9 Å². The summed E-state index contributed by atoms with van der Waals surface area (Å²) in [7, 11) is 0. The van der Waals surface area contributed by atoms with Gasteiger partial charge in [-0.3, -0.25) is 9.69 Å². The molecule has 4 rings (SSSR count). The number of piperazine rings is 1. The Morgan fingerprint density at radius 2 is 1.79 bits per heavy atom. The predicted octanol–water partition coefficient (Wildman–Crippen LogP) is 3.87. The van der Waals surface area contributed by atoms with E-state index in [1.807, 2.05) is 6.92 Å². The van der Waals surface area contributed by atoms with Crippen molar-refractivity contribution < 1.29 is 14.0 Å². The molecule has 2 N–H and O–H groups in total. The number of nitrogens with zero attached hydrogens (tertiary/aromatic N) is 3. The minimum absolute atomic E-state index is 0.109. The number of urea groups is 1. The van der Waals surface area contributed by atoms with Crippen LogP contribution in [0, 0.1) is 12.7 Å². The molecular formula is C24H26FN5O2S. The molecule has 7 nitrogen and oxygen atoms in total. The standard InChI is InChI=1S/C24H26FN5O2S/c1-17-27-21(16-33-17)15-29-10-12-30(13-11-29)24(32)28-20-8-6-18(7-9-20)23(31)26-14-19-4-2-3-5-22(19)25/h2-9,16H,10-15H2,1H3,(H,26,31)(H,28,32). The van der Waals surface area contributed by atoms with E-state index >= 15 is 0 Å². The third-order valence-corrected chi connectivity index (χ3v) is 6.33. The quantitative estimate of drug-likeness (QED) is 0.577. The fourth-order valence-electron chi connectivity index (χ4n) is 3.65. The predicted molar refractivity (Wildman–Crippen MR) is 127 cm³/mol. The van der Waals surface area contributed by atoms with Crippen LogP contribution >= 0.6 is 11.3 Å². The normalized spacial score (nSPS) is 14.2. The molecule has 0 spiro atoms. The van der Waals surface area contributed by atoms with Crippen LogP contribution in [0.1, 0.15) is 26.6 Å². The Morgan fingerprint density at radius 3 is 2.45 bits per heavy atom. The largest absolute Gasteiger partial charge is 0.348 e. The van der Waals surface area contributed by atoms with Crippen LogP contribution in [0.5, 0.6) is 0 Å². The van der Waals surface area contributed by atoms with E-state index in [2.05, 4.69) is 25.9 Å². The number of carbonyl (C=O) groups is 2. The molecule has 0 saturated carbocycles. The van der Waals surface area contributed by atoms with E-state index in [-0.39, 0.29) is 24.3 Å². The molecular weight excluding hydrogens is 441 g/mol. The Balaban J connectivity index is 1.23. The average molecular weight is 468 g/mol. The van der Waals surface area contributed by atoms with Crippen molar-refractivity contribution in [3.8, 4) is 0 Å². The van der Waals surface area contributed by atoms with Crippen molar-refractivity contribution in [1.82, 2.24) is 20.1 Å². The summed E-state index contributed by atoms with van der Waals surface area (Å²) in [5.74, 6) is -0.655. The lowest BCUT2D eigenvalue weighted by molar-refractivity contribution is 0.0950. The molecule has 0 atom stereocenters. The van der Waals surface area contributed by atoms with Gasteiger partial charge in [-0.25, -0.2) is 14.2 Å². The van der Waals surface area contributed by atoms with Crippen molar-refractivity contribution in [2.45, 2.75) is 20.0 Å². The molecule has 0 aliphatic carbocycles. The lowest BCUT2D eigenvalue weighted by Gasteiger charge is -2.34. The number of rotatable bonds is 6. The lowest BCUT2D eigenvalue weighted by atomic mass is 10.1. The number of aromatic nitrogens is 1. The number of hydrogen-bond acceptors (Lipinski definition) is 5. The monoisotopic (exact) mass is 467 g/mol. The van der Waals surface area contributed by atoms with Gasteiger partial charge in [0.05, 0.1) is 10.7 Å². The zero-order chi connectivity index (χ0) is 23.2. The molecule has 2 aromatic carbocycles. The van der Waals surface area contributed by atoms with Crippen molar-refractivity contribution in [3.63, 3.8) is 0 Å². The summed E-state index contributed by atoms with van der Waals surface area (Å²) in [5.41, 5.74) is 2.56. The van der Waals surface area contributed by atoms with E-state index in [1.54, 1.807) is 58.7 Å². The maximum atomic E-state index is 13.7. The Morgan fingerprint density at radius 1 is 1.06 bits per heavy atom. The van der Waals surface area contributed by atoms with E-state index in [9.17, 15) is 14.0 Å². The van der Waals surface area contributed by atoms with E-state index in [1.165, 1.54) is 6.07 Å². The van der Waals surface area contributed by atoms with Crippen molar-refractivity contribution >= 4 is 29.0 Å². The second kappa shape index (κ2) is 10.5. The Labute approximate surface area is 196 Å². The molecule has 1 aliphatic heterocycles. The van der Waals surface area contributed by atoms with E-state index in [0.717, 1.165) is 30.3 Å². The molecule has 3 amide bonds. The van der Waals surface area contributed by atoms with Gasteiger partial charge in [0.15, 0.2) is 0 Å². The van der Waals surface area contributed by atoms with Crippen LogP contribution in [0.3, 0.4) is 0 Å². The average Bonchev–Trinajstić information content (AvgIpc) is 3.23. The molecule has 0 unspecified atom stereocenters. The number of anilines is 1. The highest BCUT2D eigenvalue weighted by molar-refractivity contribution is 7.09. The number of amides is 3. The van der Waals surface area contributed by atoms with Gasteiger partial charge in [-0.2, -0.15) is 0 Å². The van der Waals surface area contributed by atoms with Gasteiger partial charge in [-0.15, -0.1) is 11.3 Å². The zero-order valence-corrected chi connectivity index (χ0v) is 19.2. The minimum atomic E-state index is -0.352. The molecule has 172 valence electrons. The van der Waals surface area contributed by atoms with Gasteiger partial charge in [0.1, 0.15) is 5.82 Å². The minimum Gasteiger partial charge on any atom is -0.348 e. The first-order valence-electron chi connectivity index (χ1n) is 10.8. The molecule has 33 heavy (non-hydrogen) atoms. The topological polar surface area (TPSA) is 77.6 Å². The maximum Gasteiger partial charge on any atom is 0.321 e. The summed E-state index contributed by atoms with van der Waals surface area (Å²) in [6, 6.07) is 12.8. The first-order chi connectivity index (χ1) is 16.0. The van der Waals surface area contributed by atoms with Gasteiger partial charge in [-0.1, -0.05) is 18.2 Å². The van der Waals surface area contributed by atoms with Crippen molar-refractivity contribution in [2.75, 3.05) is 31.5 Å². The number of aryl methyl sites for hydroxylation is 1. The fraction of sp³-hybridized carbons (Fsp3) is 0.292. The highest BCUT2D eigenvalue weighted by Gasteiger charge is 2.21. The second-order valence-corrected chi connectivity index (χ2v) is 8.96. The number of nitrogens with one attached hydrogen (secondary N) is 2. The molecule has 9 heteroatoms. The van der Waals surface area contributed by atoms with Gasteiger partial charge >= 0.3 is 6.03 Å². The molecule has 1 aromatic heterocycles. The molecule has 1 fully saturated rings. The van der Waals surface area contributed by atoms with Crippen molar-refractivity contribution in [2.24, 2.45) is 0 Å². The van der Waals surface area contributed by atoms with Crippen molar-refractivity contribution in [3.05, 3.63) is 81.6 Å². The molecule has 0 bridgehead atoms. The van der Waals surface area contributed by atoms with Gasteiger partial charge in [0, 0.05) is 61.5 Å². The Bertz CT molecular complexity index is 1110. The summed E-state index contributed by atoms with van der Waals surface area (Å²) in [6.45, 7) is 5.80. The summed E-state index contributed by atoms with van der Waals surface area (Å²) < 4.78 is 13.7. The second-order valence-electron chi connectivity index (χ2n) is 7.90. The Kier molecular flexibility index (Phi) is 7.31. The number of thiazole rings is 1. The van der Waals surface area contributed by atoms with Gasteiger partial charge in [0.25, 0.3) is 5.91 Å². The maximum absolute atomic E-state index is 13.7. The van der Waals surface area contributed by atoms with Gasteiger partial charge < -0.3 is 15.5 Å². The van der Waals surface area contributed by atoms with E-state index in [4.69, 9.17) is 0 Å². The van der Waals surface area contributed by atoms with Crippen LogP contribution < -0.4 is 10.6 Å². The molecule has 1 saturated heterocycles. The van der Waals surface area contributed by atoms with Crippen LogP contribution in [0.25, 0.3) is 0 Å². The third-order valence-electron chi connectivity index (χ3n) is 5.51.